The minimum absolute atomic E-state index is 0. The van der Waals surface area contributed by atoms with Gasteiger partial charge in [0.2, 0.25) is 11.8 Å². The number of carbonyl (C=O) groups excluding carboxylic acids is 2. The van der Waals surface area contributed by atoms with Gasteiger partial charge in [0.15, 0.2) is 0 Å². The van der Waals surface area contributed by atoms with Gasteiger partial charge in [0, 0.05) is 19.5 Å². The topological polar surface area (TPSA) is 75.4 Å². The summed E-state index contributed by atoms with van der Waals surface area (Å²) in [6, 6.07) is 0. The number of amides is 2. The SMILES string of the molecule is CCCNC(=O)CN(CCC)C(=O)CC1(CN)CCCCC1.Cl. The lowest BCUT2D eigenvalue weighted by Crippen LogP contribution is -2.45. The standard InChI is InChI=1S/C17H33N3O2.ClH/c1-3-10-19-15(21)13-20(11-4-2)16(22)12-17(14-18)8-6-5-7-9-17;/h3-14,18H2,1-2H3,(H,19,21);1H. The van der Waals surface area contributed by atoms with Crippen LogP contribution in [0, 0.1) is 5.41 Å². The Bertz CT molecular complexity index is 358. The van der Waals surface area contributed by atoms with Crippen molar-refractivity contribution >= 4 is 24.2 Å². The Hall–Kier alpha value is -0.810. The highest BCUT2D eigenvalue weighted by Crippen LogP contribution is 2.38. The third kappa shape index (κ3) is 7.53. The van der Waals surface area contributed by atoms with Gasteiger partial charge in [-0.05, 0) is 37.6 Å². The van der Waals surface area contributed by atoms with Crippen LogP contribution >= 0.6 is 12.4 Å². The molecule has 1 saturated carbocycles. The molecule has 0 unspecified atom stereocenters. The van der Waals surface area contributed by atoms with Gasteiger partial charge in [-0.25, -0.2) is 0 Å². The summed E-state index contributed by atoms with van der Waals surface area (Å²) in [5.41, 5.74) is 5.94. The second kappa shape index (κ2) is 11.7. The lowest BCUT2D eigenvalue weighted by atomic mass is 9.71. The quantitative estimate of drug-likeness (QED) is 0.672. The predicted molar refractivity (Wildman–Crippen MR) is 96.6 cm³/mol. The largest absolute Gasteiger partial charge is 0.355 e. The van der Waals surface area contributed by atoms with E-state index in [-0.39, 0.29) is 36.2 Å². The molecule has 0 spiro atoms. The fourth-order valence-corrected chi connectivity index (χ4v) is 3.24. The summed E-state index contributed by atoms with van der Waals surface area (Å²) in [5.74, 6) is 0.0231. The van der Waals surface area contributed by atoms with Crippen molar-refractivity contribution in [3.05, 3.63) is 0 Å². The van der Waals surface area contributed by atoms with Gasteiger partial charge in [-0.3, -0.25) is 9.59 Å². The zero-order chi connectivity index (χ0) is 16.4. The van der Waals surface area contributed by atoms with Crippen LogP contribution in [0.1, 0.15) is 65.2 Å². The summed E-state index contributed by atoms with van der Waals surface area (Å²) in [6.07, 6.45) is 7.91. The first kappa shape index (κ1) is 22.2. The van der Waals surface area contributed by atoms with E-state index in [0.717, 1.165) is 38.5 Å². The highest BCUT2D eigenvalue weighted by Gasteiger charge is 2.34. The number of carbonyl (C=O) groups is 2. The zero-order valence-electron chi connectivity index (χ0n) is 14.7. The van der Waals surface area contributed by atoms with E-state index in [1.54, 1.807) is 4.90 Å². The van der Waals surface area contributed by atoms with Crippen LogP contribution in [-0.2, 0) is 9.59 Å². The molecular formula is C17H34ClN3O2. The Morgan fingerprint density at radius 3 is 2.30 bits per heavy atom. The van der Waals surface area contributed by atoms with Crippen LogP contribution in [0.15, 0.2) is 0 Å². The van der Waals surface area contributed by atoms with E-state index in [4.69, 9.17) is 5.73 Å². The number of hydrogen-bond acceptors (Lipinski definition) is 3. The van der Waals surface area contributed by atoms with Crippen molar-refractivity contribution in [2.24, 2.45) is 11.1 Å². The molecule has 136 valence electrons. The molecule has 0 heterocycles. The average Bonchev–Trinajstić information content (AvgIpc) is 2.53. The molecule has 2 amide bonds. The van der Waals surface area contributed by atoms with E-state index >= 15 is 0 Å². The normalized spacial score (nSPS) is 16.3. The fraction of sp³-hybridized carbons (Fsp3) is 0.882. The Kier molecular flexibility index (Phi) is 11.3. The molecule has 1 rings (SSSR count). The third-order valence-corrected chi connectivity index (χ3v) is 4.63. The second-order valence-corrected chi connectivity index (χ2v) is 6.61. The molecule has 0 aliphatic heterocycles. The molecule has 1 aliphatic carbocycles. The smallest absolute Gasteiger partial charge is 0.239 e. The van der Waals surface area contributed by atoms with Gasteiger partial charge in [-0.1, -0.05) is 33.1 Å². The van der Waals surface area contributed by atoms with Crippen molar-refractivity contribution in [2.45, 2.75) is 65.2 Å². The highest BCUT2D eigenvalue weighted by atomic mass is 35.5. The molecule has 0 aromatic heterocycles. The van der Waals surface area contributed by atoms with Crippen LogP contribution in [0.2, 0.25) is 0 Å². The minimum atomic E-state index is -0.0610. The first-order valence-corrected chi connectivity index (χ1v) is 8.81. The molecule has 1 fully saturated rings. The number of halogens is 1. The maximum Gasteiger partial charge on any atom is 0.239 e. The van der Waals surface area contributed by atoms with Gasteiger partial charge in [0.25, 0.3) is 0 Å². The van der Waals surface area contributed by atoms with Crippen molar-refractivity contribution in [1.29, 1.82) is 0 Å². The number of rotatable bonds is 9. The monoisotopic (exact) mass is 347 g/mol. The van der Waals surface area contributed by atoms with Gasteiger partial charge in [0.05, 0.1) is 6.54 Å². The summed E-state index contributed by atoms with van der Waals surface area (Å²) >= 11 is 0. The van der Waals surface area contributed by atoms with E-state index in [1.807, 2.05) is 13.8 Å². The maximum atomic E-state index is 12.7. The van der Waals surface area contributed by atoms with Gasteiger partial charge >= 0.3 is 0 Å². The van der Waals surface area contributed by atoms with E-state index in [1.165, 1.54) is 6.42 Å². The first-order valence-electron chi connectivity index (χ1n) is 8.81. The molecule has 5 nitrogen and oxygen atoms in total. The molecule has 0 aromatic carbocycles. The molecule has 0 saturated heterocycles. The first-order chi connectivity index (χ1) is 10.6. The number of hydrogen-bond donors (Lipinski definition) is 2. The Labute approximate surface area is 147 Å². The molecule has 3 N–H and O–H groups in total. The predicted octanol–water partition coefficient (Wildman–Crippen LogP) is 2.47. The van der Waals surface area contributed by atoms with Gasteiger partial charge in [-0.15, -0.1) is 12.4 Å². The van der Waals surface area contributed by atoms with Crippen LogP contribution in [0.25, 0.3) is 0 Å². The van der Waals surface area contributed by atoms with Crippen LogP contribution in [0.3, 0.4) is 0 Å². The summed E-state index contributed by atoms with van der Waals surface area (Å²) in [5, 5.41) is 2.85. The van der Waals surface area contributed by atoms with Gasteiger partial charge < -0.3 is 16.0 Å². The molecule has 0 atom stereocenters. The van der Waals surface area contributed by atoms with Crippen molar-refractivity contribution in [1.82, 2.24) is 10.2 Å². The van der Waals surface area contributed by atoms with Crippen LogP contribution in [0.4, 0.5) is 0 Å². The maximum absolute atomic E-state index is 12.7. The lowest BCUT2D eigenvalue weighted by Gasteiger charge is -2.37. The fourth-order valence-electron chi connectivity index (χ4n) is 3.24. The summed E-state index contributed by atoms with van der Waals surface area (Å²) in [4.78, 5) is 26.3. The molecule has 6 heteroatoms. The van der Waals surface area contributed by atoms with Crippen LogP contribution in [0.5, 0.6) is 0 Å². The summed E-state index contributed by atoms with van der Waals surface area (Å²) in [6.45, 7) is 6.10. The third-order valence-electron chi connectivity index (χ3n) is 4.63. The average molecular weight is 348 g/mol. The Morgan fingerprint density at radius 1 is 1.13 bits per heavy atom. The molecular weight excluding hydrogens is 314 g/mol. The van der Waals surface area contributed by atoms with E-state index in [0.29, 0.717) is 26.1 Å². The Balaban J connectivity index is 0.00000484. The van der Waals surface area contributed by atoms with E-state index in [2.05, 4.69) is 5.32 Å². The molecule has 0 bridgehead atoms. The number of nitrogens with one attached hydrogen (secondary N) is 1. The zero-order valence-corrected chi connectivity index (χ0v) is 15.6. The van der Waals surface area contributed by atoms with Crippen molar-refractivity contribution in [2.75, 3.05) is 26.2 Å². The minimum Gasteiger partial charge on any atom is -0.355 e. The molecule has 0 aromatic rings. The van der Waals surface area contributed by atoms with E-state index in [9.17, 15) is 9.59 Å². The van der Waals surface area contributed by atoms with E-state index < -0.39 is 0 Å². The van der Waals surface area contributed by atoms with Crippen molar-refractivity contribution in [3.8, 4) is 0 Å². The lowest BCUT2D eigenvalue weighted by molar-refractivity contribution is -0.138. The Morgan fingerprint density at radius 2 is 1.78 bits per heavy atom. The highest BCUT2D eigenvalue weighted by molar-refractivity contribution is 5.85. The van der Waals surface area contributed by atoms with Gasteiger partial charge in [0.1, 0.15) is 0 Å². The second-order valence-electron chi connectivity index (χ2n) is 6.61. The summed E-state index contributed by atoms with van der Waals surface area (Å²) in [7, 11) is 0. The van der Waals surface area contributed by atoms with Crippen molar-refractivity contribution < 1.29 is 9.59 Å². The molecule has 0 radical (unpaired) electrons. The van der Waals surface area contributed by atoms with Crippen molar-refractivity contribution in [3.63, 3.8) is 0 Å². The van der Waals surface area contributed by atoms with Crippen LogP contribution < -0.4 is 11.1 Å². The number of nitrogens with two attached hydrogens (primary N) is 1. The molecule has 23 heavy (non-hydrogen) atoms. The van der Waals surface area contributed by atoms with Crippen LogP contribution in [-0.4, -0.2) is 42.9 Å². The number of nitrogens with zero attached hydrogens (tertiary/aromatic N) is 1. The summed E-state index contributed by atoms with van der Waals surface area (Å²) < 4.78 is 0. The van der Waals surface area contributed by atoms with Gasteiger partial charge in [-0.2, -0.15) is 0 Å². The molecule has 1 aliphatic rings.